The fourth-order valence-corrected chi connectivity index (χ4v) is 4.33. The smallest absolute Gasteiger partial charge is 0.171 e. The number of hydrogen-bond acceptors (Lipinski definition) is 5. The topological polar surface area (TPSA) is 98.0 Å². The Bertz CT molecular complexity index is 1080. The van der Waals surface area contributed by atoms with Crippen LogP contribution in [-0.4, -0.2) is 26.2 Å². The Morgan fingerprint density at radius 2 is 1.18 bits per heavy atom. The molecule has 0 bridgehead atoms. The molecule has 5 heteroatoms. The van der Waals surface area contributed by atoms with Gasteiger partial charge in [-0.3, -0.25) is 4.79 Å². The van der Waals surface area contributed by atoms with Crippen LogP contribution < -0.4 is 0 Å². The molecule has 28 heavy (non-hydrogen) atoms. The van der Waals surface area contributed by atoms with Gasteiger partial charge in [-0.15, -0.1) is 0 Å². The van der Waals surface area contributed by atoms with Gasteiger partial charge in [-0.2, -0.15) is 0 Å². The number of aryl methyl sites for hydroxylation is 2. The predicted octanol–water partition coefficient (Wildman–Crippen LogP) is 4.24. The highest BCUT2D eigenvalue weighted by atomic mass is 16.3. The predicted molar refractivity (Wildman–Crippen MR) is 104 cm³/mol. The van der Waals surface area contributed by atoms with E-state index < -0.39 is 11.8 Å². The molecule has 4 rings (SSSR count). The summed E-state index contributed by atoms with van der Waals surface area (Å²) < 4.78 is 0. The highest BCUT2D eigenvalue weighted by Gasteiger charge is 2.44. The Kier molecular flexibility index (Phi) is 4.03. The van der Waals surface area contributed by atoms with Gasteiger partial charge in [-0.05, 0) is 43.2 Å². The van der Waals surface area contributed by atoms with E-state index in [4.69, 9.17) is 0 Å². The Morgan fingerprint density at radius 1 is 0.643 bits per heavy atom. The van der Waals surface area contributed by atoms with Crippen LogP contribution in [0.25, 0.3) is 0 Å². The van der Waals surface area contributed by atoms with Gasteiger partial charge in [0.25, 0.3) is 0 Å². The molecule has 0 spiro atoms. The molecule has 1 aliphatic carbocycles. The van der Waals surface area contributed by atoms with E-state index in [1.54, 1.807) is 0 Å². The Labute approximate surface area is 162 Å². The minimum atomic E-state index is -0.650. The average Bonchev–Trinajstić information content (AvgIpc) is 2.86. The number of Topliss-reactive ketones (excluding diaryl/α,β-unsaturated/α-hetero) is 1. The Balaban J connectivity index is 2.01. The maximum absolute atomic E-state index is 13.3. The van der Waals surface area contributed by atoms with Gasteiger partial charge in [-0.25, -0.2) is 0 Å². The van der Waals surface area contributed by atoms with Crippen LogP contribution in [0.1, 0.15) is 50.0 Å². The lowest BCUT2D eigenvalue weighted by Crippen LogP contribution is -2.13. The van der Waals surface area contributed by atoms with Crippen molar-refractivity contribution in [3.63, 3.8) is 0 Å². The molecule has 0 saturated heterocycles. The molecule has 0 fully saturated rings. The first-order valence-electron chi connectivity index (χ1n) is 8.96. The van der Waals surface area contributed by atoms with E-state index in [-0.39, 0.29) is 34.3 Å². The van der Waals surface area contributed by atoms with Crippen LogP contribution in [0.3, 0.4) is 0 Å². The highest BCUT2D eigenvalue weighted by Crippen LogP contribution is 2.52. The van der Waals surface area contributed by atoms with Crippen LogP contribution in [0, 0.1) is 13.8 Å². The first-order valence-corrected chi connectivity index (χ1v) is 8.96. The minimum Gasteiger partial charge on any atom is -0.508 e. The van der Waals surface area contributed by atoms with Gasteiger partial charge in [0.05, 0.1) is 5.92 Å². The largest absolute Gasteiger partial charge is 0.508 e. The highest BCUT2D eigenvalue weighted by molar-refractivity contribution is 6.08. The molecule has 1 aliphatic rings. The summed E-state index contributed by atoms with van der Waals surface area (Å²) in [4.78, 5) is 13.3. The van der Waals surface area contributed by atoms with Crippen molar-refractivity contribution in [2.75, 3.05) is 0 Å². The van der Waals surface area contributed by atoms with Crippen molar-refractivity contribution in [1.82, 2.24) is 0 Å². The van der Waals surface area contributed by atoms with Gasteiger partial charge >= 0.3 is 0 Å². The molecule has 0 unspecified atom stereocenters. The second-order valence-electron chi connectivity index (χ2n) is 7.45. The van der Waals surface area contributed by atoms with Crippen molar-refractivity contribution in [3.05, 3.63) is 81.9 Å². The van der Waals surface area contributed by atoms with Gasteiger partial charge in [0, 0.05) is 29.2 Å². The summed E-state index contributed by atoms with van der Waals surface area (Å²) in [5.41, 5.74) is 3.93. The lowest BCUT2D eigenvalue weighted by Gasteiger charge is -2.22. The van der Waals surface area contributed by atoms with Crippen molar-refractivity contribution < 1.29 is 25.2 Å². The maximum atomic E-state index is 13.3. The van der Waals surface area contributed by atoms with E-state index in [2.05, 4.69) is 0 Å². The van der Waals surface area contributed by atoms with Crippen LogP contribution >= 0.6 is 0 Å². The number of carbonyl (C=O) groups excluding carboxylic acids is 1. The zero-order chi connectivity index (χ0) is 20.2. The number of hydrogen-bond donors (Lipinski definition) is 4. The zero-order valence-corrected chi connectivity index (χ0v) is 15.5. The van der Waals surface area contributed by atoms with Crippen molar-refractivity contribution in [2.24, 2.45) is 0 Å². The van der Waals surface area contributed by atoms with E-state index in [9.17, 15) is 25.2 Å². The van der Waals surface area contributed by atoms with E-state index in [1.807, 2.05) is 32.0 Å². The molecule has 3 aromatic rings. The molecule has 0 radical (unpaired) electrons. The van der Waals surface area contributed by atoms with Crippen molar-refractivity contribution in [1.29, 1.82) is 0 Å². The maximum Gasteiger partial charge on any atom is 0.171 e. The number of ketones is 1. The van der Waals surface area contributed by atoms with Crippen LogP contribution in [0.2, 0.25) is 0 Å². The fourth-order valence-electron chi connectivity index (χ4n) is 4.33. The second kappa shape index (κ2) is 6.30. The monoisotopic (exact) mass is 376 g/mol. The summed E-state index contributed by atoms with van der Waals surface area (Å²) >= 11 is 0. The summed E-state index contributed by atoms with van der Waals surface area (Å²) in [7, 11) is 0. The van der Waals surface area contributed by atoms with Crippen molar-refractivity contribution >= 4 is 5.78 Å². The van der Waals surface area contributed by atoms with Crippen molar-refractivity contribution in [2.45, 2.75) is 25.7 Å². The number of fused-ring (bicyclic) bond motifs is 1. The molecule has 3 aromatic carbocycles. The van der Waals surface area contributed by atoms with Crippen molar-refractivity contribution in [3.8, 4) is 23.0 Å². The van der Waals surface area contributed by atoms with Gasteiger partial charge in [0.15, 0.2) is 5.78 Å². The van der Waals surface area contributed by atoms with E-state index >= 15 is 0 Å². The van der Waals surface area contributed by atoms with Crippen LogP contribution in [0.5, 0.6) is 23.0 Å². The molecule has 0 aliphatic heterocycles. The minimum absolute atomic E-state index is 0.131. The number of phenols is 4. The molecule has 0 aromatic heterocycles. The SMILES string of the molecule is Cc1cc(C)cc([C@H]2C(=O)c3cc(O)cc(O)c3[C@@H]2c2cc(O)cc(O)c2)c1. The van der Waals surface area contributed by atoms with Crippen LogP contribution in [-0.2, 0) is 0 Å². The molecule has 0 amide bonds. The first kappa shape index (κ1) is 17.9. The normalized spacial score (nSPS) is 18.3. The quantitative estimate of drug-likeness (QED) is 0.536. The summed E-state index contributed by atoms with van der Waals surface area (Å²) in [5.74, 6) is -2.13. The third-order valence-electron chi connectivity index (χ3n) is 5.22. The van der Waals surface area contributed by atoms with E-state index in [1.165, 1.54) is 30.3 Å². The lowest BCUT2D eigenvalue weighted by molar-refractivity contribution is 0.0967. The number of aromatic hydroxyl groups is 4. The third-order valence-corrected chi connectivity index (χ3v) is 5.22. The van der Waals surface area contributed by atoms with Crippen LogP contribution in [0.4, 0.5) is 0 Å². The summed E-state index contributed by atoms with van der Waals surface area (Å²) in [6.07, 6.45) is 0. The molecule has 2 atom stereocenters. The summed E-state index contributed by atoms with van der Waals surface area (Å²) in [6, 6.07) is 12.6. The fraction of sp³-hybridized carbons (Fsp3) is 0.174. The second-order valence-corrected chi connectivity index (χ2v) is 7.45. The number of phenolic OH excluding ortho intramolecular Hbond substituents is 4. The van der Waals surface area contributed by atoms with Gasteiger partial charge in [0.1, 0.15) is 23.0 Å². The molecule has 0 heterocycles. The molecule has 4 N–H and O–H groups in total. The van der Waals surface area contributed by atoms with E-state index in [0.717, 1.165) is 16.7 Å². The standard InChI is InChI=1S/C23H20O5/c1-11-3-12(2)5-13(4-11)21-20(14-6-15(24)8-16(25)7-14)22-18(23(21)28)9-17(26)10-19(22)27/h3-10,20-21,24-27H,1-2H3/t20-,21-/m1/s1. The van der Waals surface area contributed by atoms with Gasteiger partial charge < -0.3 is 20.4 Å². The first-order chi connectivity index (χ1) is 13.2. The molecule has 0 saturated carbocycles. The number of rotatable bonds is 2. The zero-order valence-electron chi connectivity index (χ0n) is 15.5. The van der Waals surface area contributed by atoms with E-state index in [0.29, 0.717) is 11.1 Å². The number of benzene rings is 3. The lowest BCUT2D eigenvalue weighted by atomic mass is 9.80. The van der Waals surface area contributed by atoms with Gasteiger partial charge in [0.2, 0.25) is 0 Å². The van der Waals surface area contributed by atoms with Gasteiger partial charge in [-0.1, -0.05) is 29.3 Å². The summed E-state index contributed by atoms with van der Waals surface area (Å²) in [5, 5.41) is 40.4. The molecular formula is C23H20O5. The average molecular weight is 376 g/mol. The Morgan fingerprint density at radius 3 is 1.79 bits per heavy atom. The third kappa shape index (κ3) is 2.85. The molecule has 5 nitrogen and oxygen atoms in total. The number of carbonyl (C=O) groups is 1. The Hall–Kier alpha value is -3.47. The molecule has 142 valence electrons. The van der Waals surface area contributed by atoms with Crippen LogP contribution in [0.15, 0.2) is 48.5 Å². The summed E-state index contributed by atoms with van der Waals surface area (Å²) in [6.45, 7) is 3.89. The molecular weight excluding hydrogens is 356 g/mol.